The molecule has 1 atom stereocenters. The summed E-state index contributed by atoms with van der Waals surface area (Å²) in [4.78, 5) is 21.7. The molecule has 3 aromatic rings. The van der Waals surface area contributed by atoms with E-state index in [4.69, 9.17) is 4.74 Å². The molecule has 0 radical (unpaired) electrons. The summed E-state index contributed by atoms with van der Waals surface area (Å²) in [6.07, 6.45) is 17.6. The molecule has 1 heterocycles. The average molecular weight is 487 g/mol. The van der Waals surface area contributed by atoms with Crippen LogP contribution in [0.3, 0.4) is 0 Å². The van der Waals surface area contributed by atoms with Crippen LogP contribution in [0, 0.1) is 5.92 Å². The second kappa shape index (κ2) is 15.2. The molecule has 0 aliphatic rings. The van der Waals surface area contributed by atoms with Crippen molar-refractivity contribution in [3.63, 3.8) is 0 Å². The number of benzene rings is 2. The summed E-state index contributed by atoms with van der Waals surface area (Å²) in [6.45, 7) is 6.70. The number of carbonyl (C=O) groups is 1. The first-order chi connectivity index (χ1) is 17.6. The molecular weight excluding hydrogens is 444 g/mol. The average Bonchev–Trinajstić information content (AvgIpc) is 2.91. The zero-order chi connectivity index (χ0) is 25.6. The van der Waals surface area contributed by atoms with Gasteiger partial charge in [0.2, 0.25) is 0 Å². The standard InChI is InChI=1S/C32H42N2O2/c1-4-6-7-8-9-10-11-12-13-27-23-33-31(34-24-27)28-16-18-29(19-17-28)32(35)36-30-20-14-26(15-21-30)22-25(3)5-2/h14-21,23-25H,4-13,22H2,1-3H3/t25-/m0/s1. The Balaban J connectivity index is 1.45. The fourth-order valence-electron chi connectivity index (χ4n) is 4.26. The van der Waals surface area contributed by atoms with Crippen LogP contribution in [0.4, 0.5) is 0 Å². The maximum absolute atomic E-state index is 12.6. The number of esters is 1. The Kier molecular flexibility index (Phi) is 11.6. The number of carbonyl (C=O) groups excluding carboxylic acids is 1. The van der Waals surface area contributed by atoms with E-state index in [1.807, 2.05) is 48.8 Å². The number of nitrogens with zero attached hydrogens (tertiary/aromatic N) is 2. The number of hydrogen-bond acceptors (Lipinski definition) is 4. The molecule has 0 aliphatic heterocycles. The molecule has 0 saturated carbocycles. The first-order valence-corrected chi connectivity index (χ1v) is 13.8. The Morgan fingerprint density at radius 1 is 0.778 bits per heavy atom. The summed E-state index contributed by atoms with van der Waals surface area (Å²) in [6, 6.07) is 15.1. The van der Waals surface area contributed by atoms with Crippen molar-refractivity contribution in [3.05, 3.63) is 77.6 Å². The Labute approximate surface area is 217 Å². The molecule has 0 bridgehead atoms. The monoisotopic (exact) mass is 486 g/mol. The van der Waals surface area contributed by atoms with Crippen LogP contribution in [0.15, 0.2) is 60.9 Å². The molecular formula is C32H42N2O2. The van der Waals surface area contributed by atoms with Gasteiger partial charge >= 0.3 is 5.97 Å². The predicted octanol–water partition coefficient (Wildman–Crippen LogP) is 8.63. The summed E-state index contributed by atoms with van der Waals surface area (Å²) in [5.74, 6) is 1.52. The quantitative estimate of drug-likeness (QED) is 0.122. The molecule has 0 fully saturated rings. The van der Waals surface area contributed by atoms with E-state index in [0.29, 0.717) is 23.1 Å². The smallest absolute Gasteiger partial charge is 0.343 e. The van der Waals surface area contributed by atoms with Gasteiger partial charge in [-0.25, -0.2) is 14.8 Å². The third-order valence-corrected chi connectivity index (χ3v) is 6.82. The van der Waals surface area contributed by atoms with Gasteiger partial charge in [0.05, 0.1) is 5.56 Å². The second-order valence-electron chi connectivity index (χ2n) is 9.97. The number of ether oxygens (including phenoxy) is 1. The minimum absolute atomic E-state index is 0.363. The van der Waals surface area contributed by atoms with Crippen molar-refractivity contribution in [3.8, 4) is 17.1 Å². The highest BCUT2D eigenvalue weighted by atomic mass is 16.5. The van der Waals surface area contributed by atoms with Crippen LogP contribution in [0.2, 0.25) is 0 Å². The van der Waals surface area contributed by atoms with Gasteiger partial charge in [0, 0.05) is 18.0 Å². The van der Waals surface area contributed by atoms with Gasteiger partial charge in [0.15, 0.2) is 5.82 Å². The lowest BCUT2D eigenvalue weighted by atomic mass is 9.99. The van der Waals surface area contributed by atoms with Crippen LogP contribution in [-0.2, 0) is 12.8 Å². The molecule has 0 spiro atoms. The molecule has 0 N–H and O–H groups in total. The summed E-state index contributed by atoms with van der Waals surface area (Å²) >= 11 is 0. The zero-order valence-electron chi connectivity index (χ0n) is 22.3. The molecule has 2 aromatic carbocycles. The highest BCUT2D eigenvalue weighted by molar-refractivity contribution is 5.91. The third-order valence-electron chi connectivity index (χ3n) is 6.82. The van der Waals surface area contributed by atoms with E-state index in [1.165, 1.54) is 62.5 Å². The van der Waals surface area contributed by atoms with E-state index < -0.39 is 0 Å². The lowest BCUT2D eigenvalue weighted by Crippen LogP contribution is -2.08. The van der Waals surface area contributed by atoms with E-state index >= 15 is 0 Å². The molecule has 0 unspecified atom stereocenters. The molecule has 0 aliphatic carbocycles. The highest BCUT2D eigenvalue weighted by Gasteiger charge is 2.10. The fourth-order valence-corrected chi connectivity index (χ4v) is 4.26. The van der Waals surface area contributed by atoms with E-state index in [9.17, 15) is 4.79 Å². The predicted molar refractivity (Wildman–Crippen MR) is 148 cm³/mol. The Bertz CT molecular complexity index is 1030. The maximum atomic E-state index is 12.6. The third kappa shape index (κ3) is 9.22. The fraction of sp³-hybridized carbons (Fsp3) is 0.469. The van der Waals surface area contributed by atoms with Crippen LogP contribution in [0.1, 0.15) is 100 Å². The Hall–Kier alpha value is -3.01. The molecule has 36 heavy (non-hydrogen) atoms. The Morgan fingerprint density at radius 2 is 1.39 bits per heavy atom. The van der Waals surface area contributed by atoms with E-state index in [0.717, 1.165) is 24.8 Å². The van der Waals surface area contributed by atoms with E-state index in [1.54, 1.807) is 12.1 Å². The Morgan fingerprint density at radius 3 is 2.00 bits per heavy atom. The van der Waals surface area contributed by atoms with Crippen molar-refractivity contribution < 1.29 is 9.53 Å². The highest BCUT2D eigenvalue weighted by Crippen LogP contribution is 2.20. The lowest BCUT2D eigenvalue weighted by molar-refractivity contribution is 0.0734. The minimum Gasteiger partial charge on any atom is -0.423 e. The summed E-state index contributed by atoms with van der Waals surface area (Å²) < 4.78 is 5.56. The number of rotatable bonds is 15. The molecule has 4 heteroatoms. The summed E-state index contributed by atoms with van der Waals surface area (Å²) in [5.41, 5.74) is 3.84. The lowest BCUT2D eigenvalue weighted by Gasteiger charge is -2.09. The second-order valence-corrected chi connectivity index (χ2v) is 9.97. The molecule has 0 saturated heterocycles. The number of aromatic nitrogens is 2. The van der Waals surface area contributed by atoms with Crippen LogP contribution in [0.25, 0.3) is 11.4 Å². The SMILES string of the molecule is CCCCCCCCCCc1cnc(-c2ccc(C(=O)Oc3ccc(C[C@@H](C)CC)cc3)cc2)nc1. The van der Waals surface area contributed by atoms with Gasteiger partial charge in [-0.2, -0.15) is 0 Å². The van der Waals surface area contributed by atoms with Crippen molar-refractivity contribution in [2.24, 2.45) is 5.92 Å². The van der Waals surface area contributed by atoms with Gasteiger partial charge in [0.1, 0.15) is 5.75 Å². The van der Waals surface area contributed by atoms with Gasteiger partial charge in [-0.3, -0.25) is 0 Å². The van der Waals surface area contributed by atoms with Crippen LogP contribution in [-0.4, -0.2) is 15.9 Å². The number of unbranched alkanes of at least 4 members (excludes halogenated alkanes) is 7. The van der Waals surface area contributed by atoms with E-state index in [2.05, 4.69) is 30.7 Å². The molecule has 192 valence electrons. The van der Waals surface area contributed by atoms with Crippen LogP contribution < -0.4 is 4.74 Å². The van der Waals surface area contributed by atoms with Gasteiger partial charge in [-0.05, 0) is 60.6 Å². The zero-order valence-corrected chi connectivity index (χ0v) is 22.3. The molecule has 3 rings (SSSR count). The van der Waals surface area contributed by atoms with Crippen molar-refractivity contribution in [2.75, 3.05) is 0 Å². The molecule has 4 nitrogen and oxygen atoms in total. The molecule has 0 amide bonds. The van der Waals surface area contributed by atoms with Crippen molar-refractivity contribution in [2.45, 2.75) is 91.4 Å². The first kappa shape index (κ1) is 27.6. The minimum atomic E-state index is -0.363. The van der Waals surface area contributed by atoms with Gasteiger partial charge < -0.3 is 4.74 Å². The first-order valence-electron chi connectivity index (χ1n) is 13.8. The normalized spacial score (nSPS) is 11.9. The van der Waals surface area contributed by atoms with Gasteiger partial charge in [0.25, 0.3) is 0 Å². The van der Waals surface area contributed by atoms with Crippen LogP contribution >= 0.6 is 0 Å². The summed E-state index contributed by atoms with van der Waals surface area (Å²) in [7, 11) is 0. The van der Waals surface area contributed by atoms with Gasteiger partial charge in [-0.15, -0.1) is 0 Å². The number of hydrogen-bond donors (Lipinski definition) is 0. The van der Waals surface area contributed by atoms with Crippen molar-refractivity contribution >= 4 is 5.97 Å². The summed E-state index contributed by atoms with van der Waals surface area (Å²) in [5, 5.41) is 0. The largest absolute Gasteiger partial charge is 0.423 e. The van der Waals surface area contributed by atoms with E-state index in [-0.39, 0.29) is 5.97 Å². The molecule has 1 aromatic heterocycles. The topological polar surface area (TPSA) is 52.1 Å². The maximum Gasteiger partial charge on any atom is 0.343 e. The van der Waals surface area contributed by atoms with Crippen molar-refractivity contribution in [1.82, 2.24) is 9.97 Å². The number of aryl methyl sites for hydroxylation is 1. The van der Waals surface area contributed by atoms with Gasteiger partial charge in [-0.1, -0.05) is 96.4 Å². The van der Waals surface area contributed by atoms with Crippen LogP contribution in [0.5, 0.6) is 5.75 Å². The van der Waals surface area contributed by atoms with Crippen molar-refractivity contribution in [1.29, 1.82) is 0 Å².